The summed E-state index contributed by atoms with van der Waals surface area (Å²) in [5.41, 5.74) is 0. The van der Waals surface area contributed by atoms with Crippen LogP contribution in [0.1, 0.15) is 32.6 Å². The van der Waals surface area contributed by atoms with Gasteiger partial charge in [0.15, 0.2) is 0 Å². The fraction of sp³-hybridized carbons (Fsp3) is 0.833. The Hall–Kier alpha value is -1.06. The molecule has 0 saturated heterocycles. The molecule has 2 saturated carbocycles. The number of hydrogen-bond donors (Lipinski definition) is 1. The zero-order valence-electron chi connectivity index (χ0n) is 9.69. The molecule has 2 aliphatic carbocycles. The van der Waals surface area contributed by atoms with E-state index in [-0.39, 0.29) is 18.4 Å². The predicted octanol–water partition coefficient (Wildman–Crippen LogP) is 1.36. The number of carboxylic acids is 1. The van der Waals surface area contributed by atoms with Crippen molar-refractivity contribution in [2.45, 2.75) is 32.6 Å². The summed E-state index contributed by atoms with van der Waals surface area (Å²) in [7, 11) is 0. The fourth-order valence-electron chi connectivity index (χ4n) is 2.48. The number of aliphatic carboxylic acids is 1. The van der Waals surface area contributed by atoms with Gasteiger partial charge in [0.1, 0.15) is 6.54 Å². The van der Waals surface area contributed by atoms with Crippen LogP contribution in [0.2, 0.25) is 0 Å². The van der Waals surface area contributed by atoms with Gasteiger partial charge in [0, 0.05) is 12.5 Å². The Morgan fingerprint density at radius 1 is 1.38 bits per heavy atom. The number of amides is 1. The van der Waals surface area contributed by atoms with Crippen molar-refractivity contribution < 1.29 is 14.7 Å². The van der Waals surface area contributed by atoms with Gasteiger partial charge in [-0.05, 0) is 37.5 Å². The summed E-state index contributed by atoms with van der Waals surface area (Å²) in [5, 5.41) is 8.76. The quantitative estimate of drug-likeness (QED) is 0.742. The normalized spacial score (nSPS) is 27.6. The number of hydrogen-bond acceptors (Lipinski definition) is 2. The zero-order valence-corrected chi connectivity index (χ0v) is 9.69. The van der Waals surface area contributed by atoms with Gasteiger partial charge in [0.25, 0.3) is 0 Å². The van der Waals surface area contributed by atoms with Crippen molar-refractivity contribution in [1.82, 2.24) is 4.90 Å². The summed E-state index contributed by atoms with van der Waals surface area (Å²) in [4.78, 5) is 24.2. The minimum absolute atomic E-state index is 0.0705. The summed E-state index contributed by atoms with van der Waals surface area (Å²) < 4.78 is 0. The Bertz CT molecular complexity index is 299. The fourth-order valence-corrected chi connectivity index (χ4v) is 2.48. The molecule has 2 fully saturated rings. The van der Waals surface area contributed by atoms with E-state index in [1.54, 1.807) is 0 Å². The van der Waals surface area contributed by atoms with E-state index in [2.05, 4.69) is 0 Å². The van der Waals surface area contributed by atoms with Crippen LogP contribution in [0.5, 0.6) is 0 Å². The first kappa shape index (κ1) is 11.4. The second-order valence-corrected chi connectivity index (χ2v) is 5.00. The summed E-state index contributed by atoms with van der Waals surface area (Å²) in [6.45, 7) is 2.40. The molecule has 0 aromatic carbocycles. The monoisotopic (exact) mass is 225 g/mol. The lowest BCUT2D eigenvalue weighted by Gasteiger charge is -2.20. The summed E-state index contributed by atoms with van der Waals surface area (Å²) in [5.74, 6) is 0.632. The van der Waals surface area contributed by atoms with Crippen molar-refractivity contribution >= 4 is 11.9 Å². The van der Waals surface area contributed by atoms with E-state index >= 15 is 0 Å². The van der Waals surface area contributed by atoms with E-state index in [0.717, 1.165) is 18.8 Å². The first-order valence-corrected chi connectivity index (χ1v) is 6.14. The molecule has 1 N–H and O–H groups in total. The number of carboxylic acid groups (broad SMARTS) is 1. The molecular weight excluding hydrogens is 206 g/mol. The lowest BCUT2D eigenvalue weighted by atomic mass is 10.2. The SMILES string of the molecule is CCCN(CC(=O)O)C(=O)C1CC1C1CC1. The van der Waals surface area contributed by atoms with Gasteiger partial charge < -0.3 is 10.0 Å². The smallest absolute Gasteiger partial charge is 0.323 e. The molecule has 2 atom stereocenters. The second kappa shape index (κ2) is 4.44. The van der Waals surface area contributed by atoms with Crippen molar-refractivity contribution in [2.24, 2.45) is 17.8 Å². The van der Waals surface area contributed by atoms with E-state index in [0.29, 0.717) is 12.5 Å². The number of rotatable bonds is 6. The maximum atomic E-state index is 12.0. The minimum atomic E-state index is -0.912. The number of carbonyl (C=O) groups excluding carboxylic acids is 1. The highest BCUT2D eigenvalue weighted by atomic mass is 16.4. The molecule has 1 amide bonds. The highest BCUT2D eigenvalue weighted by Gasteiger charge is 2.52. The molecular formula is C12H19NO3. The van der Waals surface area contributed by atoms with E-state index in [4.69, 9.17) is 5.11 Å². The van der Waals surface area contributed by atoms with E-state index < -0.39 is 5.97 Å². The van der Waals surface area contributed by atoms with Crippen LogP contribution in [0.25, 0.3) is 0 Å². The van der Waals surface area contributed by atoms with Crippen LogP contribution in [-0.2, 0) is 9.59 Å². The van der Waals surface area contributed by atoms with Crippen molar-refractivity contribution in [3.8, 4) is 0 Å². The van der Waals surface area contributed by atoms with Crippen molar-refractivity contribution in [1.29, 1.82) is 0 Å². The average molecular weight is 225 g/mol. The standard InChI is InChI=1S/C12H19NO3/c1-2-5-13(7-11(14)15)12(16)10-6-9(10)8-3-4-8/h8-10H,2-7H2,1H3,(H,14,15). The molecule has 0 radical (unpaired) electrons. The number of nitrogens with zero attached hydrogens (tertiary/aromatic N) is 1. The van der Waals surface area contributed by atoms with Gasteiger partial charge in [-0.25, -0.2) is 0 Å². The summed E-state index contributed by atoms with van der Waals surface area (Å²) in [6, 6.07) is 0. The van der Waals surface area contributed by atoms with Crippen LogP contribution in [0.3, 0.4) is 0 Å². The number of carbonyl (C=O) groups is 2. The molecule has 16 heavy (non-hydrogen) atoms. The van der Waals surface area contributed by atoms with Crippen LogP contribution < -0.4 is 0 Å². The third-order valence-electron chi connectivity index (χ3n) is 3.52. The van der Waals surface area contributed by atoms with Gasteiger partial charge in [-0.3, -0.25) is 9.59 Å². The van der Waals surface area contributed by atoms with Gasteiger partial charge in [-0.1, -0.05) is 6.92 Å². The van der Waals surface area contributed by atoms with Gasteiger partial charge in [-0.2, -0.15) is 0 Å². The molecule has 2 rings (SSSR count). The molecule has 2 unspecified atom stereocenters. The molecule has 90 valence electrons. The van der Waals surface area contributed by atoms with Crippen LogP contribution in [0.4, 0.5) is 0 Å². The molecule has 4 nitrogen and oxygen atoms in total. The van der Waals surface area contributed by atoms with Crippen LogP contribution >= 0.6 is 0 Å². The third-order valence-corrected chi connectivity index (χ3v) is 3.52. The molecule has 0 spiro atoms. The first-order valence-electron chi connectivity index (χ1n) is 6.14. The topological polar surface area (TPSA) is 57.6 Å². The Balaban J connectivity index is 1.86. The first-order chi connectivity index (χ1) is 7.63. The Labute approximate surface area is 95.6 Å². The molecule has 0 heterocycles. The van der Waals surface area contributed by atoms with E-state index in [1.807, 2.05) is 6.92 Å². The molecule has 0 aromatic rings. The lowest BCUT2D eigenvalue weighted by molar-refractivity contribution is -0.145. The molecule has 2 aliphatic rings. The Morgan fingerprint density at radius 3 is 2.56 bits per heavy atom. The van der Waals surface area contributed by atoms with E-state index in [1.165, 1.54) is 17.7 Å². The second-order valence-electron chi connectivity index (χ2n) is 5.00. The molecule has 0 bridgehead atoms. The molecule has 0 aliphatic heterocycles. The third kappa shape index (κ3) is 2.54. The van der Waals surface area contributed by atoms with E-state index in [9.17, 15) is 9.59 Å². The Kier molecular flexibility index (Phi) is 3.17. The summed E-state index contributed by atoms with van der Waals surface area (Å²) in [6.07, 6.45) is 4.34. The Morgan fingerprint density at radius 2 is 2.06 bits per heavy atom. The summed E-state index contributed by atoms with van der Waals surface area (Å²) >= 11 is 0. The van der Waals surface area contributed by atoms with Gasteiger partial charge in [0.05, 0.1) is 0 Å². The van der Waals surface area contributed by atoms with Crippen molar-refractivity contribution in [3.63, 3.8) is 0 Å². The molecule has 0 aromatic heterocycles. The highest BCUT2D eigenvalue weighted by Crippen LogP contribution is 2.54. The van der Waals surface area contributed by atoms with Gasteiger partial charge >= 0.3 is 5.97 Å². The maximum absolute atomic E-state index is 12.0. The van der Waals surface area contributed by atoms with Gasteiger partial charge in [0.2, 0.25) is 5.91 Å². The van der Waals surface area contributed by atoms with Crippen molar-refractivity contribution in [2.75, 3.05) is 13.1 Å². The van der Waals surface area contributed by atoms with Crippen LogP contribution in [0.15, 0.2) is 0 Å². The van der Waals surface area contributed by atoms with Crippen LogP contribution in [-0.4, -0.2) is 35.0 Å². The van der Waals surface area contributed by atoms with Crippen LogP contribution in [0, 0.1) is 17.8 Å². The molecule has 4 heteroatoms. The maximum Gasteiger partial charge on any atom is 0.323 e. The van der Waals surface area contributed by atoms with Crippen molar-refractivity contribution in [3.05, 3.63) is 0 Å². The minimum Gasteiger partial charge on any atom is -0.480 e. The lowest BCUT2D eigenvalue weighted by Crippen LogP contribution is -2.37. The largest absolute Gasteiger partial charge is 0.480 e. The highest BCUT2D eigenvalue weighted by molar-refractivity contribution is 5.85. The average Bonchev–Trinajstić information content (AvgIpc) is 3.04. The zero-order chi connectivity index (χ0) is 11.7. The predicted molar refractivity (Wildman–Crippen MR) is 58.8 cm³/mol. The van der Waals surface area contributed by atoms with Gasteiger partial charge in [-0.15, -0.1) is 0 Å².